The lowest BCUT2D eigenvalue weighted by atomic mass is 9.50. The molecule has 1 aromatic rings. The minimum Gasteiger partial charge on any atom is -0.494 e. The molecule has 2 saturated carbocycles. The standard InChI is InChI=1S/C25H36O4/c1-4-18(3)24(27)23-9-8-21(12-20(23)17-26)28-10-6-7-11-29-22-15-25(16-22)13-19(5-2)14-25/h8-9,12,17-19,22H,4-7,10-11,13-16H2,1-3H3. The second-order valence-electron chi connectivity index (χ2n) is 9.18. The fraction of sp³-hybridized carbons (Fsp3) is 0.680. The number of ether oxygens (including phenoxy) is 2. The van der Waals surface area contributed by atoms with Crippen LogP contribution in [0.25, 0.3) is 0 Å². The number of hydrogen-bond acceptors (Lipinski definition) is 4. The van der Waals surface area contributed by atoms with Gasteiger partial charge in [0.2, 0.25) is 0 Å². The Morgan fingerprint density at radius 3 is 2.55 bits per heavy atom. The second kappa shape index (κ2) is 9.88. The fourth-order valence-electron chi connectivity index (χ4n) is 4.86. The van der Waals surface area contributed by atoms with Gasteiger partial charge in [-0.25, -0.2) is 0 Å². The van der Waals surface area contributed by atoms with Crippen molar-refractivity contribution in [2.24, 2.45) is 17.3 Å². The third-order valence-electron chi connectivity index (χ3n) is 6.98. The van der Waals surface area contributed by atoms with Gasteiger partial charge in [-0.15, -0.1) is 0 Å². The van der Waals surface area contributed by atoms with Gasteiger partial charge in [0.25, 0.3) is 0 Å². The van der Waals surface area contributed by atoms with Gasteiger partial charge < -0.3 is 9.47 Å². The third-order valence-corrected chi connectivity index (χ3v) is 6.98. The minimum absolute atomic E-state index is 0.0168. The van der Waals surface area contributed by atoms with Crippen molar-refractivity contribution in [2.45, 2.75) is 78.2 Å². The molecule has 0 radical (unpaired) electrons. The Morgan fingerprint density at radius 2 is 1.90 bits per heavy atom. The Morgan fingerprint density at radius 1 is 1.17 bits per heavy atom. The number of benzene rings is 1. The van der Waals surface area contributed by atoms with Crippen LogP contribution in [0.15, 0.2) is 18.2 Å². The van der Waals surface area contributed by atoms with Crippen molar-refractivity contribution in [3.8, 4) is 5.75 Å². The van der Waals surface area contributed by atoms with E-state index in [0.717, 1.165) is 38.1 Å². The maximum Gasteiger partial charge on any atom is 0.166 e. The molecule has 2 aliphatic carbocycles. The van der Waals surface area contributed by atoms with E-state index in [1.54, 1.807) is 18.2 Å². The molecule has 0 amide bonds. The summed E-state index contributed by atoms with van der Waals surface area (Å²) in [6.07, 6.45) is 10.6. The summed E-state index contributed by atoms with van der Waals surface area (Å²) in [4.78, 5) is 23.8. The van der Waals surface area contributed by atoms with E-state index in [2.05, 4.69) is 6.92 Å². The normalized spacial score (nSPS) is 26.4. The fourth-order valence-corrected chi connectivity index (χ4v) is 4.86. The summed E-state index contributed by atoms with van der Waals surface area (Å²) in [6, 6.07) is 5.18. The SMILES string of the molecule is CCC1CC2(C1)CC(OCCCCOc1ccc(C(=O)C(C)CC)c(C=O)c1)C2. The number of unbranched alkanes of at least 4 members (excludes halogenated alkanes) is 1. The predicted molar refractivity (Wildman–Crippen MR) is 115 cm³/mol. The molecule has 3 rings (SSSR count). The summed E-state index contributed by atoms with van der Waals surface area (Å²) < 4.78 is 11.8. The van der Waals surface area contributed by atoms with Gasteiger partial charge in [0.15, 0.2) is 12.1 Å². The zero-order valence-corrected chi connectivity index (χ0v) is 18.2. The molecule has 2 fully saturated rings. The van der Waals surface area contributed by atoms with Crippen molar-refractivity contribution < 1.29 is 19.1 Å². The number of aldehydes is 1. The largest absolute Gasteiger partial charge is 0.494 e. The summed E-state index contributed by atoms with van der Waals surface area (Å²) in [6.45, 7) is 7.55. The third kappa shape index (κ3) is 5.28. The van der Waals surface area contributed by atoms with Crippen LogP contribution >= 0.6 is 0 Å². The molecule has 0 N–H and O–H groups in total. The van der Waals surface area contributed by atoms with E-state index in [-0.39, 0.29) is 11.7 Å². The summed E-state index contributed by atoms with van der Waals surface area (Å²) in [5, 5.41) is 0. The van der Waals surface area contributed by atoms with Crippen LogP contribution in [-0.4, -0.2) is 31.4 Å². The van der Waals surface area contributed by atoms with Gasteiger partial charge in [0, 0.05) is 23.7 Å². The first kappa shape index (κ1) is 22.0. The molecule has 0 heterocycles. The average molecular weight is 401 g/mol. The number of hydrogen-bond donors (Lipinski definition) is 0. The van der Waals surface area contributed by atoms with E-state index in [1.807, 2.05) is 13.8 Å². The number of ketones is 1. The van der Waals surface area contributed by atoms with Gasteiger partial charge >= 0.3 is 0 Å². The Bertz CT molecular complexity index is 697. The highest BCUT2D eigenvalue weighted by molar-refractivity contribution is 6.04. The van der Waals surface area contributed by atoms with Crippen molar-refractivity contribution in [1.82, 2.24) is 0 Å². The molecule has 0 saturated heterocycles. The van der Waals surface area contributed by atoms with Gasteiger partial charge in [-0.2, -0.15) is 0 Å². The Balaban J connectivity index is 1.32. The maximum atomic E-state index is 12.4. The van der Waals surface area contributed by atoms with E-state index in [9.17, 15) is 9.59 Å². The zero-order chi connectivity index (χ0) is 20.9. The van der Waals surface area contributed by atoms with Crippen molar-refractivity contribution >= 4 is 12.1 Å². The highest BCUT2D eigenvalue weighted by atomic mass is 16.5. The summed E-state index contributed by atoms with van der Waals surface area (Å²) in [5.74, 6) is 1.55. The zero-order valence-electron chi connectivity index (χ0n) is 18.2. The molecular weight excluding hydrogens is 364 g/mol. The van der Waals surface area contributed by atoms with E-state index in [4.69, 9.17) is 9.47 Å². The Kier molecular flexibility index (Phi) is 7.50. The molecule has 1 atom stereocenters. The molecule has 0 bridgehead atoms. The van der Waals surface area contributed by atoms with E-state index in [1.165, 1.54) is 32.1 Å². The van der Waals surface area contributed by atoms with Gasteiger partial charge in [-0.1, -0.05) is 27.2 Å². The Labute approximate surface area is 175 Å². The first-order valence-electron chi connectivity index (χ1n) is 11.4. The smallest absolute Gasteiger partial charge is 0.166 e. The molecular formula is C25H36O4. The highest BCUT2D eigenvalue weighted by Gasteiger charge is 2.52. The lowest BCUT2D eigenvalue weighted by molar-refractivity contribution is -0.139. The summed E-state index contributed by atoms with van der Waals surface area (Å²) >= 11 is 0. The molecule has 1 unspecified atom stereocenters. The van der Waals surface area contributed by atoms with Gasteiger partial charge in [0.1, 0.15) is 5.75 Å². The van der Waals surface area contributed by atoms with Crippen molar-refractivity contribution in [2.75, 3.05) is 13.2 Å². The molecule has 2 aliphatic rings. The van der Waals surface area contributed by atoms with Crippen molar-refractivity contribution in [1.29, 1.82) is 0 Å². The van der Waals surface area contributed by atoms with Crippen LogP contribution in [0.2, 0.25) is 0 Å². The van der Waals surface area contributed by atoms with Crippen molar-refractivity contribution in [3.05, 3.63) is 29.3 Å². The molecule has 1 spiro atoms. The van der Waals surface area contributed by atoms with Crippen LogP contribution in [0, 0.1) is 17.3 Å². The van der Waals surface area contributed by atoms with Crippen LogP contribution in [-0.2, 0) is 4.74 Å². The number of carbonyl (C=O) groups is 2. The number of carbonyl (C=O) groups excluding carboxylic acids is 2. The topological polar surface area (TPSA) is 52.6 Å². The lowest BCUT2D eigenvalue weighted by Gasteiger charge is -2.57. The van der Waals surface area contributed by atoms with Crippen LogP contribution < -0.4 is 4.74 Å². The first-order chi connectivity index (χ1) is 14.0. The predicted octanol–water partition coefficient (Wildman–Crippen LogP) is 5.87. The molecule has 1 aromatic carbocycles. The van der Waals surface area contributed by atoms with E-state index >= 15 is 0 Å². The van der Waals surface area contributed by atoms with Crippen molar-refractivity contribution in [3.63, 3.8) is 0 Å². The van der Waals surface area contributed by atoms with E-state index in [0.29, 0.717) is 35.0 Å². The minimum atomic E-state index is -0.0802. The first-order valence-corrected chi connectivity index (χ1v) is 11.4. The molecule has 29 heavy (non-hydrogen) atoms. The molecule has 4 heteroatoms. The average Bonchev–Trinajstić information content (AvgIpc) is 2.68. The maximum absolute atomic E-state index is 12.4. The molecule has 160 valence electrons. The quantitative estimate of drug-likeness (QED) is 0.250. The van der Waals surface area contributed by atoms with E-state index < -0.39 is 0 Å². The number of rotatable bonds is 12. The van der Waals surface area contributed by atoms with Crippen LogP contribution in [0.1, 0.15) is 92.9 Å². The molecule has 0 aromatic heterocycles. The lowest BCUT2D eigenvalue weighted by Crippen LogP contribution is -2.50. The van der Waals surface area contributed by atoms with Crippen LogP contribution in [0.5, 0.6) is 5.75 Å². The second-order valence-corrected chi connectivity index (χ2v) is 9.18. The van der Waals surface area contributed by atoms with Crippen LogP contribution in [0.4, 0.5) is 0 Å². The molecule has 4 nitrogen and oxygen atoms in total. The van der Waals surface area contributed by atoms with Gasteiger partial charge in [-0.05, 0) is 74.5 Å². The van der Waals surface area contributed by atoms with Gasteiger partial charge in [0.05, 0.1) is 12.7 Å². The summed E-state index contributed by atoms with van der Waals surface area (Å²) in [7, 11) is 0. The number of Topliss-reactive ketones (excluding diaryl/α,β-unsaturated/α-hetero) is 1. The highest BCUT2D eigenvalue weighted by Crippen LogP contribution is 2.60. The summed E-state index contributed by atoms with van der Waals surface area (Å²) in [5.41, 5.74) is 1.55. The monoisotopic (exact) mass is 400 g/mol. The van der Waals surface area contributed by atoms with Gasteiger partial charge in [-0.3, -0.25) is 9.59 Å². The molecule has 0 aliphatic heterocycles. The Hall–Kier alpha value is -1.68. The van der Waals surface area contributed by atoms with Crippen LogP contribution in [0.3, 0.4) is 0 Å².